The van der Waals surface area contributed by atoms with Gasteiger partial charge < -0.3 is 9.84 Å². The van der Waals surface area contributed by atoms with E-state index in [1.165, 1.54) is 0 Å². The molecule has 6 heteroatoms. The largest absolute Gasteiger partial charge is 0.478 e. The predicted octanol–water partition coefficient (Wildman–Crippen LogP) is 2.78. The zero-order valence-electron chi connectivity index (χ0n) is 13.7. The second kappa shape index (κ2) is 7.26. The molecule has 0 saturated carbocycles. The Morgan fingerprint density at radius 1 is 1.27 bits per heavy atom. The monoisotopic (exact) mass is 308 g/mol. The van der Waals surface area contributed by atoms with Crippen molar-refractivity contribution in [1.82, 2.24) is 10.9 Å². The van der Waals surface area contributed by atoms with Gasteiger partial charge in [-0.3, -0.25) is 5.43 Å². The van der Waals surface area contributed by atoms with Gasteiger partial charge in [-0.05, 0) is 56.9 Å². The van der Waals surface area contributed by atoms with Crippen LogP contribution in [-0.2, 0) is 17.7 Å². The zero-order valence-corrected chi connectivity index (χ0v) is 13.7. The lowest BCUT2D eigenvalue weighted by Gasteiger charge is -2.20. The number of hydrogen-bond donors (Lipinski definition) is 3. The topological polar surface area (TPSA) is 87.7 Å². The molecule has 1 aromatic rings. The number of amides is 1. The van der Waals surface area contributed by atoms with Crippen LogP contribution in [0.2, 0.25) is 0 Å². The Bertz CT molecular complexity index is 562. The van der Waals surface area contributed by atoms with Crippen LogP contribution < -0.4 is 10.9 Å². The molecule has 1 rings (SSSR count). The van der Waals surface area contributed by atoms with Gasteiger partial charge in [0.05, 0.1) is 5.56 Å². The summed E-state index contributed by atoms with van der Waals surface area (Å²) in [6.07, 6.45) is 0.0869. The first kappa shape index (κ1) is 18.0. The quantitative estimate of drug-likeness (QED) is 0.728. The maximum Gasteiger partial charge on any atom is 0.422 e. The van der Waals surface area contributed by atoms with E-state index in [0.29, 0.717) is 18.5 Å². The summed E-state index contributed by atoms with van der Waals surface area (Å²) in [5, 5.41) is 9.18. The van der Waals surface area contributed by atoms with E-state index in [-0.39, 0.29) is 0 Å². The summed E-state index contributed by atoms with van der Waals surface area (Å²) >= 11 is 0. The molecule has 22 heavy (non-hydrogen) atoms. The standard InChI is InChI=1S/C16H24N2O4/c1-6-12-10(2)11(7-8-13(12)14(19)20)9-17-18-15(21)22-16(3,4)5/h7-8,17H,6,9H2,1-5H3,(H,18,21)(H,19,20). The van der Waals surface area contributed by atoms with E-state index in [4.69, 9.17) is 4.74 Å². The van der Waals surface area contributed by atoms with Crippen molar-refractivity contribution in [3.63, 3.8) is 0 Å². The van der Waals surface area contributed by atoms with Crippen molar-refractivity contribution in [3.8, 4) is 0 Å². The third kappa shape index (κ3) is 5.04. The third-order valence-corrected chi connectivity index (χ3v) is 3.16. The molecule has 0 saturated heterocycles. The minimum Gasteiger partial charge on any atom is -0.478 e. The first-order chi connectivity index (χ1) is 10.2. The van der Waals surface area contributed by atoms with Gasteiger partial charge in [0, 0.05) is 6.54 Å². The van der Waals surface area contributed by atoms with Gasteiger partial charge in [-0.25, -0.2) is 15.0 Å². The molecule has 0 heterocycles. The highest BCUT2D eigenvalue weighted by Crippen LogP contribution is 2.19. The van der Waals surface area contributed by atoms with Crippen LogP contribution in [0.1, 0.15) is 54.7 Å². The lowest BCUT2D eigenvalue weighted by atomic mass is 9.95. The van der Waals surface area contributed by atoms with E-state index in [0.717, 1.165) is 16.7 Å². The minimum absolute atomic E-state index is 0.323. The highest BCUT2D eigenvalue weighted by atomic mass is 16.6. The van der Waals surface area contributed by atoms with Crippen LogP contribution in [0.4, 0.5) is 4.79 Å². The van der Waals surface area contributed by atoms with Crippen LogP contribution in [0, 0.1) is 6.92 Å². The fourth-order valence-electron chi connectivity index (χ4n) is 2.17. The van der Waals surface area contributed by atoms with E-state index in [2.05, 4.69) is 10.9 Å². The molecule has 6 nitrogen and oxygen atoms in total. The summed E-state index contributed by atoms with van der Waals surface area (Å²) in [4.78, 5) is 22.7. The highest BCUT2D eigenvalue weighted by Gasteiger charge is 2.16. The van der Waals surface area contributed by atoms with Gasteiger partial charge in [-0.15, -0.1) is 0 Å². The fraction of sp³-hybridized carbons (Fsp3) is 0.500. The van der Waals surface area contributed by atoms with Gasteiger partial charge in [0.1, 0.15) is 5.60 Å². The van der Waals surface area contributed by atoms with Gasteiger partial charge >= 0.3 is 12.1 Å². The number of hydrogen-bond acceptors (Lipinski definition) is 4. The smallest absolute Gasteiger partial charge is 0.422 e. The van der Waals surface area contributed by atoms with Gasteiger partial charge in [-0.2, -0.15) is 0 Å². The number of carboxylic acids is 1. The number of benzene rings is 1. The Kier molecular flexibility index (Phi) is 5.93. The molecule has 0 aromatic heterocycles. The van der Waals surface area contributed by atoms with Crippen LogP contribution >= 0.6 is 0 Å². The van der Waals surface area contributed by atoms with Crippen LogP contribution in [0.15, 0.2) is 12.1 Å². The summed E-state index contributed by atoms with van der Waals surface area (Å²) in [6, 6.07) is 3.35. The molecule has 122 valence electrons. The number of carboxylic acid groups (broad SMARTS) is 1. The zero-order chi connectivity index (χ0) is 16.9. The van der Waals surface area contributed by atoms with Crippen molar-refractivity contribution < 1.29 is 19.4 Å². The second-order valence-corrected chi connectivity index (χ2v) is 6.01. The molecule has 0 spiro atoms. The molecule has 0 fully saturated rings. The third-order valence-electron chi connectivity index (χ3n) is 3.16. The van der Waals surface area contributed by atoms with E-state index < -0.39 is 17.7 Å². The number of carbonyl (C=O) groups excluding carboxylic acids is 1. The van der Waals surface area contributed by atoms with Crippen LogP contribution in [0.25, 0.3) is 0 Å². The Morgan fingerprint density at radius 3 is 2.41 bits per heavy atom. The number of hydrazine groups is 1. The predicted molar refractivity (Wildman–Crippen MR) is 83.7 cm³/mol. The number of carbonyl (C=O) groups is 2. The minimum atomic E-state index is -0.925. The van der Waals surface area contributed by atoms with Crippen molar-refractivity contribution in [3.05, 3.63) is 34.4 Å². The molecule has 0 aliphatic heterocycles. The lowest BCUT2D eigenvalue weighted by molar-refractivity contribution is 0.0496. The maximum atomic E-state index is 11.5. The molecular weight excluding hydrogens is 284 g/mol. The molecule has 1 aromatic carbocycles. The number of rotatable bonds is 5. The van der Waals surface area contributed by atoms with Crippen LogP contribution in [0.3, 0.4) is 0 Å². The molecule has 0 aliphatic carbocycles. The normalized spacial score (nSPS) is 11.1. The van der Waals surface area contributed by atoms with Crippen LogP contribution in [-0.4, -0.2) is 22.8 Å². The molecule has 0 aliphatic rings. The molecule has 3 N–H and O–H groups in total. The highest BCUT2D eigenvalue weighted by molar-refractivity contribution is 5.90. The average molecular weight is 308 g/mol. The molecule has 0 atom stereocenters. The van der Waals surface area contributed by atoms with Crippen molar-refractivity contribution in [2.24, 2.45) is 0 Å². The SMILES string of the molecule is CCc1c(C(=O)O)ccc(CNNC(=O)OC(C)(C)C)c1C. The Labute approximate surface area is 130 Å². The lowest BCUT2D eigenvalue weighted by Crippen LogP contribution is -2.40. The number of nitrogens with one attached hydrogen (secondary N) is 2. The van der Waals surface area contributed by atoms with E-state index in [9.17, 15) is 14.7 Å². The molecule has 1 amide bonds. The van der Waals surface area contributed by atoms with Crippen molar-refractivity contribution >= 4 is 12.1 Å². The summed E-state index contributed by atoms with van der Waals surface area (Å²) in [5.74, 6) is -0.925. The fourth-order valence-corrected chi connectivity index (χ4v) is 2.17. The van der Waals surface area contributed by atoms with Crippen LogP contribution in [0.5, 0.6) is 0 Å². The molecular formula is C16H24N2O4. The second-order valence-electron chi connectivity index (χ2n) is 6.01. The number of ether oxygens (including phenoxy) is 1. The molecule has 0 unspecified atom stereocenters. The summed E-state index contributed by atoms with van der Waals surface area (Å²) in [7, 11) is 0. The first-order valence-electron chi connectivity index (χ1n) is 7.22. The summed E-state index contributed by atoms with van der Waals surface area (Å²) in [5.41, 5.74) is 7.68. The van der Waals surface area contributed by atoms with Gasteiger partial charge in [0.25, 0.3) is 0 Å². The van der Waals surface area contributed by atoms with E-state index in [1.807, 2.05) is 13.8 Å². The Balaban J connectivity index is 2.71. The maximum absolute atomic E-state index is 11.5. The summed E-state index contributed by atoms with van der Waals surface area (Å²) < 4.78 is 5.11. The van der Waals surface area contributed by atoms with Crippen molar-refractivity contribution in [2.45, 2.75) is 53.2 Å². The van der Waals surface area contributed by atoms with E-state index in [1.54, 1.807) is 32.9 Å². The van der Waals surface area contributed by atoms with Crippen molar-refractivity contribution in [2.75, 3.05) is 0 Å². The van der Waals surface area contributed by atoms with Gasteiger partial charge in [-0.1, -0.05) is 13.0 Å². The van der Waals surface area contributed by atoms with Crippen molar-refractivity contribution in [1.29, 1.82) is 0 Å². The first-order valence-corrected chi connectivity index (χ1v) is 7.22. The summed E-state index contributed by atoms with van der Waals surface area (Å²) in [6.45, 7) is 9.55. The molecule has 0 radical (unpaired) electrons. The Hall–Kier alpha value is -2.08. The van der Waals surface area contributed by atoms with Gasteiger partial charge in [0.2, 0.25) is 0 Å². The van der Waals surface area contributed by atoms with Gasteiger partial charge in [0.15, 0.2) is 0 Å². The number of aromatic carboxylic acids is 1. The van der Waals surface area contributed by atoms with E-state index >= 15 is 0 Å². The average Bonchev–Trinajstić information content (AvgIpc) is 2.37. The Morgan fingerprint density at radius 2 is 1.91 bits per heavy atom. The molecule has 0 bridgehead atoms.